The van der Waals surface area contributed by atoms with Crippen LogP contribution < -0.4 is 0 Å². The Morgan fingerprint density at radius 1 is 0.882 bits per heavy atom. The van der Waals surface area contributed by atoms with E-state index in [4.69, 9.17) is 55.0 Å². The van der Waals surface area contributed by atoms with Crippen molar-refractivity contribution in [2.45, 2.75) is 39.9 Å². The van der Waals surface area contributed by atoms with Crippen LogP contribution in [0.4, 0.5) is 0 Å². The Balaban J connectivity index is 0. The molecule has 3 nitrogen and oxygen atoms in total. The summed E-state index contributed by atoms with van der Waals surface area (Å²) < 4.78 is 21.6. The van der Waals surface area contributed by atoms with Crippen LogP contribution in [0.2, 0.25) is 0 Å². The van der Waals surface area contributed by atoms with E-state index in [2.05, 4.69) is 0 Å². The van der Waals surface area contributed by atoms with Gasteiger partial charge in [0, 0.05) is 6.66 Å². The van der Waals surface area contributed by atoms with Crippen molar-refractivity contribution in [2.75, 3.05) is 6.66 Å². The molecule has 0 radical (unpaired) electrons. The number of halogens is 5. The molecular formula is C7H17Cl5O3PTa. The third-order valence-corrected chi connectivity index (χ3v) is 2.41. The van der Waals surface area contributed by atoms with Gasteiger partial charge in [0.2, 0.25) is 0 Å². The van der Waals surface area contributed by atoms with E-state index in [1.54, 1.807) is 0 Å². The zero-order valence-electron chi connectivity index (χ0n) is 10.2. The van der Waals surface area contributed by atoms with Gasteiger partial charge >= 0.3 is 64.0 Å². The second kappa shape index (κ2) is 7.95. The van der Waals surface area contributed by atoms with E-state index >= 15 is 0 Å². The molecule has 0 aliphatic heterocycles. The minimum atomic E-state index is -4.44. The molecule has 0 spiro atoms. The van der Waals surface area contributed by atoms with Crippen molar-refractivity contribution in [1.29, 1.82) is 0 Å². The quantitative estimate of drug-likeness (QED) is 0.406. The van der Waals surface area contributed by atoms with Crippen LogP contribution in [0.5, 0.6) is 0 Å². The molecule has 0 atom stereocenters. The first-order valence-electron chi connectivity index (χ1n) is 4.62. The molecule has 0 aromatic rings. The van der Waals surface area contributed by atoms with Crippen LogP contribution in [0.3, 0.4) is 0 Å². The van der Waals surface area contributed by atoms with Crippen molar-refractivity contribution in [2.24, 2.45) is 0 Å². The molecule has 0 aromatic heterocycles. The summed E-state index contributed by atoms with van der Waals surface area (Å²) in [4.78, 5) is 0. The van der Waals surface area contributed by atoms with Gasteiger partial charge in [-0.15, -0.1) is 0 Å². The van der Waals surface area contributed by atoms with E-state index in [-0.39, 0.29) is 12.2 Å². The molecule has 0 saturated carbocycles. The van der Waals surface area contributed by atoms with E-state index in [9.17, 15) is 4.57 Å². The summed E-state index contributed by atoms with van der Waals surface area (Å²) in [6.45, 7) is 8.83. The third kappa shape index (κ3) is 32.2. The maximum absolute atomic E-state index is 11.4. The van der Waals surface area contributed by atoms with Gasteiger partial charge in [-0.1, -0.05) is 0 Å². The zero-order valence-corrected chi connectivity index (χ0v) is 18.1. The summed E-state index contributed by atoms with van der Waals surface area (Å²) in [5, 5.41) is 0. The molecule has 0 aliphatic carbocycles. The first-order chi connectivity index (χ1) is 7.07. The van der Waals surface area contributed by atoms with Gasteiger partial charge in [0.15, 0.2) is 0 Å². The van der Waals surface area contributed by atoms with Crippen LogP contribution in [0.15, 0.2) is 0 Å². The van der Waals surface area contributed by atoms with Crippen molar-refractivity contribution in [3.8, 4) is 0 Å². The van der Waals surface area contributed by atoms with Gasteiger partial charge in [-0.25, -0.2) is 0 Å². The molecule has 0 saturated heterocycles. The Hall–Kier alpha value is 2.34. The molecule has 0 heterocycles. The van der Waals surface area contributed by atoms with Crippen LogP contribution in [0.1, 0.15) is 27.7 Å². The molecule has 0 unspecified atom stereocenters. The molecule has 0 amide bonds. The monoisotopic (exact) mass is 536 g/mol. The summed E-state index contributed by atoms with van der Waals surface area (Å²) in [5.41, 5.74) is 0. The Bertz CT molecular complexity index is 245. The standard InChI is InChI=1S/C7H17O3P.5ClH.Ta/c1-6(2)9-11(5,8)10-7(3)4;;;;;;/h6-7H,1-5H3;5*1H;/q;;;;;;+5/p-5. The van der Waals surface area contributed by atoms with Gasteiger partial charge < -0.3 is 9.05 Å². The predicted octanol–water partition coefficient (Wildman–Crippen LogP) is 6.10. The fourth-order valence-electron chi connectivity index (χ4n) is 0.791. The average Bonchev–Trinajstić information content (AvgIpc) is 1.70. The van der Waals surface area contributed by atoms with Crippen molar-refractivity contribution in [1.82, 2.24) is 0 Å². The van der Waals surface area contributed by atoms with E-state index in [0.717, 1.165) is 0 Å². The number of rotatable bonds is 4. The first kappa shape index (κ1) is 21.6. The molecule has 108 valence electrons. The van der Waals surface area contributed by atoms with Gasteiger partial charge in [0.25, 0.3) is 0 Å². The molecule has 0 N–H and O–H groups in total. The van der Waals surface area contributed by atoms with Crippen LogP contribution in [0, 0.1) is 0 Å². The van der Waals surface area contributed by atoms with Crippen LogP contribution in [-0.4, -0.2) is 18.9 Å². The van der Waals surface area contributed by atoms with Crippen molar-refractivity contribution >= 4 is 53.5 Å². The van der Waals surface area contributed by atoms with Gasteiger partial charge in [0.1, 0.15) is 0 Å². The fourth-order valence-corrected chi connectivity index (χ4v) is 2.37. The summed E-state index contributed by atoms with van der Waals surface area (Å²) in [5.74, 6) is 0. The van der Waals surface area contributed by atoms with Gasteiger partial charge in [-0.2, -0.15) is 0 Å². The summed E-state index contributed by atoms with van der Waals surface area (Å²) in [6, 6.07) is 0. The van der Waals surface area contributed by atoms with Crippen molar-refractivity contribution in [3.05, 3.63) is 0 Å². The predicted molar refractivity (Wildman–Crippen MR) is 75.2 cm³/mol. The van der Waals surface area contributed by atoms with E-state index < -0.39 is 18.0 Å². The molecule has 17 heavy (non-hydrogen) atoms. The second-order valence-electron chi connectivity index (χ2n) is 3.72. The Morgan fingerprint density at radius 3 is 1.18 bits per heavy atom. The normalized spacial score (nSPS) is 15.2. The minimum absolute atomic E-state index is 0.0513. The molecule has 0 aliphatic rings. The van der Waals surface area contributed by atoms with E-state index in [1.165, 1.54) is 6.66 Å². The van der Waals surface area contributed by atoms with Crippen LogP contribution >= 0.6 is 53.5 Å². The number of hydrogen-bond acceptors (Lipinski definition) is 3. The van der Waals surface area contributed by atoms with Crippen LogP contribution in [-0.2, 0) is 24.0 Å². The maximum atomic E-state index is 11.4. The van der Waals surface area contributed by atoms with Crippen molar-refractivity contribution < 1.29 is 24.0 Å². The zero-order chi connectivity index (χ0) is 14.5. The Kier molecular flexibility index (Phi) is 10.1. The van der Waals surface area contributed by atoms with E-state index in [0.29, 0.717) is 0 Å². The SMILES string of the molecule is CC(C)OP(C)(=O)OC(C)C.[Cl][Ta]([Cl])([Cl])([Cl])[Cl]. The molecule has 0 aromatic carbocycles. The van der Waals surface area contributed by atoms with Gasteiger partial charge in [0.05, 0.1) is 12.2 Å². The average molecular weight is 538 g/mol. The Labute approximate surface area is 123 Å². The molecular weight excluding hydrogens is 521 g/mol. The third-order valence-electron chi connectivity index (χ3n) is 0.805. The van der Waals surface area contributed by atoms with Gasteiger partial charge in [-0.3, -0.25) is 4.57 Å². The second-order valence-corrected chi connectivity index (χ2v) is 52.1. The topological polar surface area (TPSA) is 35.5 Å². The fraction of sp³-hybridized carbons (Fsp3) is 1.00. The first-order valence-corrected chi connectivity index (χ1v) is 26.5. The number of hydrogen-bond donors (Lipinski definition) is 0. The molecule has 0 rings (SSSR count). The molecule has 10 heteroatoms. The summed E-state index contributed by atoms with van der Waals surface area (Å²) in [6.07, 6.45) is -0.103. The van der Waals surface area contributed by atoms with Crippen molar-refractivity contribution in [3.63, 3.8) is 0 Å². The Morgan fingerprint density at radius 2 is 1.06 bits per heavy atom. The molecule has 0 bridgehead atoms. The van der Waals surface area contributed by atoms with Crippen LogP contribution in [0.25, 0.3) is 0 Å². The van der Waals surface area contributed by atoms with Gasteiger partial charge in [-0.05, 0) is 27.7 Å². The van der Waals surface area contributed by atoms with E-state index in [1.807, 2.05) is 27.7 Å². The molecule has 0 fully saturated rings. The summed E-state index contributed by atoms with van der Waals surface area (Å²) >= 11 is 0. The summed E-state index contributed by atoms with van der Waals surface area (Å²) in [7, 11) is 18.1.